The second kappa shape index (κ2) is 11.7. The van der Waals surface area contributed by atoms with Gasteiger partial charge < -0.3 is 15.4 Å². The topological polar surface area (TPSA) is 63.5 Å². The minimum absolute atomic E-state index is 0. The number of hydrogen-bond donors (Lipinski definition) is 2. The van der Waals surface area contributed by atoms with Gasteiger partial charge in [-0.25, -0.2) is 4.99 Å². The van der Waals surface area contributed by atoms with Crippen LogP contribution in [0.25, 0.3) is 0 Å². The number of nitrogens with zero attached hydrogens (tertiary/aromatic N) is 3. The first-order chi connectivity index (χ1) is 10.6. The zero-order valence-corrected chi connectivity index (χ0v) is 17.6. The van der Waals surface area contributed by atoms with Crippen LogP contribution in [0.15, 0.2) is 4.99 Å². The van der Waals surface area contributed by atoms with Gasteiger partial charge in [-0.05, 0) is 26.7 Å². The van der Waals surface area contributed by atoms with E-state index in [0.29, 0.717) is 13.2 Å². The summed E-state index contributed by atoms with van der Waals surface area (Å²) in [5.41, 5.74) is 3.66. The Morgan fingerprint density at radius 2 is 2.00 bits per heavy atom. The Kier molecular flexibility index (Phi) is 11.2. The molecule has 0 bridgehead atoms. The van der Waals surface area contributed by atoms with E-state index in [-0.39, 0.29) is 30.0 Å². The number of halogens is 1. The lowest BCUT2D eigenvalue weighted by Gasteiger charge is -2.17. The van der Waals surface area contributed by atoms with Crippen LogP contribution in [0, 0.1) is 0 Å². The van der Waals surface area contributed by atoms with Gasteiger partial charge in [0.1, 0.15) is 0 Å². The van der Waals surface area contributed by atoms with Crippen molar-refractivity contribution in [3.8, 4) is 0 Å². The van der Waals surface area contributed by atoms with Crippen molar-refractivity contribution in [2.24, 2.45) is 12.0 Å². The number of aromatic nitrogens is 2. The fourth-order valence-electron chi connectivity index (χ4n) is 2.58. The molecule has 1 aromatic heterocycles. The van der Waals surface area contributed by atoms with Gasteiger partial charge in [0.15, 0.2) is 5.96 Å². The van der Waals surface area contributed by atoms with Crippen molar-refractivity contribution in [1.29, 1.82) is 0 Å². The molecule has 23 heavy (non-hydrogen) atoms. The third kappa shape index (κ3) is 6.66. The second-order valence-corrected chi connectivity index (χ2v) is 5.40. The molecule has 7 heteroatoms. The standard InChI is InChI=1S/C16H31N5O.HI/c1-7-14-13(15(8-2)21(5)20-14)10-18-16(17-9-3)19-12(4)11-22-6;/h12H,7-11H2,1-6H3,(H2,17,18,19);1H. The number of methoxy groups -OCH3 is 1. The number of aliphatic imine (C=N–C) groups is 1. The van der Waals surface area contributed by atoms with E-state index in [1.165, 1.54) is 11.3 Å². The molecule has 0 aliphatic rings. The maximum atomic E-state index is 5.16. The fraction of sp³-hybridized carbons (Fsp3) is 0.750. The maximum absolute atomic E-state index is 5.16. The smallest absolute Gasteiger partial charge is 0.191 e. The molecule has 1 atom stereocenters. The van der Waals surface area contributed by atoms with E-state index in [1.807, 2.05) is 11.7 Å². The first-order valence-corrected chi connectivity index (χ1v) is 8.14. The van der Waals surface area contributed by atoms with Crippen LogP contribution in [-0.2, 0) is 31.2 Å². The molecule has 2 N–H and O–H groups in total. The highest BCUT2D eigenvalue weighted by atomic mass is 127. The van der Waals surface area contributed by atoms with Crippen molar-refractivity contribution < 1.29 is 4.74 Å². The summed E-state index contributed by atoms with van der Waals surface area (Å²) in [6.07, 6.45) is 1.90. The Hall–Kier alpha value is -0.830. The van der Waals surface area contributed by atoms with Gasteiger partial charge >= 0.3 is 0 Å². The zero-order chi connectivity index (χ0) is 16.5. The minimum atomic E-state index is 0. The van der Waals surface area contributed by atoms with E-state index < -0.39 is 0 Å². The number of aryl methyl sites for hydroxylation is 2. The van der Waals surface area contributed by atoms with Crippen LogP contribution in [-0.4, -0.2) is 42.0 Å². The van der Waals surface area contributed by atoms with Crippen molar-refractivity contribution in [3.05, 3.63) is 17.0 Å². The van der Waals surface area contributed by atoms with E-state index in [0.717, 1.165) is 31.0 Å². The molecule has 1 heterocycles. The third-order valence-corrected chi connectivity index (χ3v) is 3.57. The zero-order valence-electron chi connectivity index (χ0n) is 15.3. The summed E-state index contributed by atoms with van der Waals surface area (Å²) in [5.74, 6) is 0.819. The average Bonchev–Trinajstić information content (AvgIpc) is 2.80. The lowest BCUT2D eigenvalue weighted by molar-refractivity contribution is 0.179. The molecule has 0 spiro atoms. The van der Waals surface area contributed by atoms with E-state index in [2.05, 4.69) is 43.4 Å². The Morgan fingerprint density at radius 3 is 2.52 bits per heavy atom. The number of nitrogens with one attached hydrogen (secondary N) is 2. The maximum Gasteiger partial charge on any atom is 0.191 e. The van der Waals surface area contributed by atoms with E-state index in [1.54, 1.807) is 7.11 Å². The monoisotopic (exact) mass is 437 g/mol. The fourth-order valence-corrected chi connectivity index (χ4v) is 2.58. The van der Waals surface area contributed by atoms with Crippen molar-refractivity contribution in [2.45, 2.75) is 53.1 Å². The van der Waals surface area contributed by atoms with Crippen molar-refractivity contribution in [2.75, 3.05) is 20.3 Å². The molecule has 0 saturated heterocycles. The lowest BCUT2D eigenvalue weighted by atomic mass is 10.1. The number of rotatable bonds is 8. The second-order valence-electron chi connectivity index (χ2n) is 5.40. The molecular weight excluding hydrogens is 405 g/mol. The number of hydrogen-bond acceptors (Lipinski definition) is 3. The van der Waals surface area contributed by atoms with Crippen molar-refractivity contribution >= 4 is 29.9 Å². The third-order valence-electron chi connectivity index (χ3n) is 3.57. The van der Waals surface area contributed by atoms with Crippen LogP contribution in [0.5, 0.6) is 0 Å². The quantitative estimate of drug-likeness (QED) is 0.372. The molecule has 1 aromatic rings. The van der Waals surface area contributed by atoms with Crippen LogP contribution in [0.2, 0.25) is 0 Å². The van der Waals surface area contributed by atoms with Crippen LogP contribution in [0.1, 0.15) is 44.6 Å². The van der Waals surface area contributed by atoms with Gasteiger partial charge in [-0.2, -0.15) is 5.10 Å². The van der Waals surface area contributed by atoms with E-state index >= 15 is 0 Å². The Labute approximate surface area is 157 Å². The molecule has 1 unspecified atom stereocenters. The lowest BCUT2D eigenvalue weighted by Crippen LogP contribution is -2.43. The summed E-state index contributed by atoms with van der Waals surface area (Å²) < 4.78 is 7.15. The first kappa shape index (κ1) is 22.2. The van der Waals surface area contributed by atoms with E-state index in [4.69, 9.17) is 9.73 Å². The van der Waals surface area contributed by atoms with Crippen LogP contribution < -0.4 is 10.6 Å². The van der Waals surface area contributed by atoms with Gasteiger partial charge in [0.2, 0.25) is 0 Å². The van der Waals surface area contributed by atoms with Gasteiger partial charge in [-0.15, -0.1) is 24.0 Å². The van der Waals surface area contributed by atoms with Crippen molar-refractivity contribution in [3.63, 3.8) is 0 Å². The SMILES string of the molecule is CCNC(=NCc1c(CC)nn(C)c1CC)NC(C)COC.I. The highest BCUT2D eigenvalue weighted by molar-refractivity contribution is 14.0. The molecule has 0 radical (unpaired) electrons. The Balaban J connectivity index is 0.00000484. The predicted molar refractivity (Wildman–Crippen MR) is 107 cm³/mol. The van der Waals surface area contributed by atoms with Gasteiger partial charge in [-0.1, -0.05) is 13.8 Å². The molecule has 6 nitrogen and oxygen atoms in total. The summed E-state index contributed by atoms with van der Waals surface area (Å²) in [6, 6.07) is 0.216. The summed E-state index contributed by atoms with van der Waals surface area (Å²) in [7, 11) is 3.72. The Bertz CT molecular complexity index is 487. The molecule has 0 amide bonds. The van der Waals surface area contributed by atoms with Gasteiger partial charge in [0.25, 0.3) is 0 Å². The highest BCUT2D eigenvalue weighted by Crippen LogP contribution is 2.16. The number of ether oxygens (including phenoxy) is 1. The van der Waals surface area contributed by atoms with Gasteiger partial charge in [0, 0.05) is 38.0 Å². The number of guanidine groups is 1. The summed E-state index contributed by atoms with van der Waals surface area (Å²) in [5, 5.41) is 11.2. The van der Waals surface area contributed by atoms with E-state index in [9.17, 15) is 0 Å². The van der Waals surface area contributed by atoms with Crippen LogP contribution in [0.4, 0.5) is 0 Å². The predicted octanol–water partition coefficient (Wildman–Crippen LogP) is 2.25. The minimum Gasteiger partial charge on any atom is -0.383 e. The van der Waals surface area contributed by atoms with Crippen LogP contribution in [0.3, 0.4) is 0 Å². The van der Waals surface area contributed by atoms with Crippen LogP contribution >= 0.6 is 24.0 Å². The summed E-state index contributed by atoms with van der Waals surface area (Å²) >= 11 is 0. The average molecular weight is 437 g/mol. The molecule has 1 rings (SSSR count). The first-order valence-electron chi connectivity index (χ1n) is 8.14. The largest absolute Gasteiger partial charge is 0.383 e. The molecule has 0 fully saturated rings. The summed E-state index contributed by atoms with van der Waals surface area (Å²) in [6.45, 7) is 10.6. The molecule has 0 aliphatic heterocycles. The molecule has 134 valence electrons. The van der Waals surface area contributed by atoms with Crippen molar-refractivity contribution in [1.82, 2.24) is 20.4 Å². The molecule has 0 aromatic carbocycles. The van der Waals surface area contributed by atoms with Gasteiger partial charge in [0.05, 0.1) is 18.8 Å². The summed E-state index contributed by atoms with van der Waals surface area (Å²) in [4.78, 5) is 4.72. The van der Waals surface area contributed by atoms with Gasteiger partial charge in [-0.3, -0.25) is 4.68 Å². The molecule has 0 aliphatic carbocycles. The Morgan fingerprint density at radius 1 is 1.30 bits per heavy atom. The normalized spacial score (nSPS) is 12.7. The molecular formula is C16H32IN5O. The highest BCUT2D eigenvalue weighted by Gasteiger charge is 2.13. The molecule has 0 saturated carbocycles.